The first-order chi connectivity index (χ1) is 9.39. The summed E-state index contributed by atoms with van der Waals surface area (Å²) >= 11 is 4.52. The van der Waals surface area contributed by atoms with Crippen LogP contribution in [0.1, 0.15) is 11.1 Å². The molecule has 0 aliphatic carbocycles. The molecule has 2 heterocycles. The van der Waals surface area contributed by atoms with E-state index in [4.69, 9.17) is 5.73 Å². The minimum Gasteiger partial charge on any atom is -0.398 e. The SMILES string of the molecule is Cc1cc2c(cc1N)N(S(=O)(=O)c1ccc(Br)s1)CC2. The Morgan fingerprint density at radius 3 is 2.75 bits per heavy atom. The fraction of sp³-hybridized carbons (Fsp3) is 0.231. The van der Waals surface area contributed by atoms with E-state index >= 15 is 0 Å². The lowest BCUT2D eigenvalue weighted by atomic mass is 10.1. The average Bonchev–Trinajstić information content (AvgIpc) is 2.97. The molecule has 7 heteroatoms. The van der Waals surface area contributed by atoms with Gasteiger partial charge < -0.3 is 5.73 Å². The first kappa shape index (κ1) is 13.9. The van der Waals surface area contributed by atoms with Gasteiger partial charge in [-0.05, 0) is 58.6 Å². The molecule has 0 spiro atoms. The number of nitrogens with zero attached hydrogens (tertiary/aromatic N) is 1. The Kier molecular flexibility index (Phi) is 3.30. The van der Waals surface area contributed by atoms with E-state index < -0.39 is 10.0 Å². The Balaban J connectivity index is 2.09. The van der Waals surface area contributed by atoms with E-state index in [9.17, 15) is 8.42 Å². The average molecular weight is 373 g/mol. The van der Waals surface area contributed by atoms with Crippen molar-refractivity contribution in [1.82, 2.24) is 0 Å². The summed E-state index contributed by atoms with van der Waals surface area (Å²) in [7, 11) is -3.49. The molecule has 0 atom stereocenters. The summed E-state index contributed by atoms with van der Waals surface area (Å²) in [6, 6.07) is 7.11. The van der Waals surface area contributed by atoms with Crippen LogP contribution in [0.2, 0.25) is 0 Å². The highest BCUT2D eigenvalue weighted by atomic mass is 79.9. The number of halogens is 1. The van der Waals surface area contributed by atoms with Crippen molar-refractivity contribution in [1.29, 1.82) is 0 Å². The first-order valence-corrected chi connectivity index (χ1v) is 9.11. The van der Waals surface area contributed by atoms with Crippen molar-refractivity contribution in [2.24, 2.45) is 0 Å². The van der Waals surface area contributed by atoms with Gasteiger partial charge in [0.1, 0.15) is 4.21 Å². The Morgan fingerprint density at radius 2 is 2.10 bits per heavy atom. The minimum atomic E-state index is -3.49. The number of thiophene rings is 1. The molecule has 2 aromatic rings. The number of hydrogen-bond donors (Lipinski definition) is 1. The second-order valence-corrected chi connectivity index (χ2v) is 9.28. The minimum absolute atomic E-state index is 0.344. The fourth-order valence-corrected chi connectivity index (χ4v) is 5.96. The predicted molar refractivity (Wildman–Crippen MR) is 85.8 cm³/mol. The van der Waals surface area contributed by atoms with E-state index in [1.165, 1.54) is 15.6 Å². The maximum absolute atomic E-state index is 12.7. The molecule has 1 aliphatic heterocycles. The number of rotatable bonds is 2. The second kappa shape index (κ2) is 4.75. The Bertz CT molecular complexity index is 784. The molecule has 106 valence electrons. The molecule has 0 amide bonds. The Morgan fingerprint density at radius 1 is 1.35 bits per heavy atom. The zero-order chi connectivity index (χ0) is 14.5. The maximum Gasteiger partial charge on any atom is 0.273 e. The first-order valence-electron chi connectivity index (χ1n) is 6.06. The van der Waals surface area contributed by atoms with E-state index in [2.05, 4.69) is 15.9 Å². The largest absolute Gasteiger partial charge is 0.398 e. The van der Waals surface area contributed by atoms with Crippen LogP contribution < -0.4 is 10.0 Å². The van der Waals surface area contributed by atoms with Crippen molar-refractivity contribution in [3.63, 3.8) is 0 Å². The second-order valence-electron chi connectivity index (χ2n) is 4.72. The molecule has 0 bridgehead atoms. The number of benzene rings is 1. The fourth-order valence-electron chi connectivity index (χ4n) is 2.34. The molecule has 2 N–H and O–H groups in total. The van der Waals surface area contributed by atoms with Crippen molar-refractivity contribution in [2.45, 2.75) is 17.6 Å². The standard InChI is InChI=1S/C13H13BrN2O2S2/c1-8-6-9-4-5-16(11(9)7-10(8)15)20(17,18)13-3-2-12(14)19-13/h2-3,6-7H,4-5,15H2,1H3. The molecule has 3 rings (SSSR count). The topological polar surface area (TPSA) is 63.4 Å². The van der Waals surface area contributed by atoms with Crippen LogP contribution in [0.25, 0.3) is 0 Å². The smallest absolute Gasteiger partial charge is 0.273 e. The summed E-state index contributed by atoms with van der Waals surface area (Å²) in [4.78, 5) is 0. The van der Waals surface area contributed by atoms with E-state index in [1.807, 2.05) is 13.0 Å². The van der Waals surface area contributed by atoms with Crippen LogP contribution in [-0.2, 0) is 16.4 Å². The summed E-state index contributed by atoms with van der Waals surface area (Å²) in [6.07, 6.45) is 0.724. The Hall–Kier alpha value is -1.05. The third kappa shape index (κ3) is 2.13. The van der Waals surface area contributed by atoms with Crippen LogP contribution in [0.3, 0.4) is 0 Å². The van der Waals surface area contributed by atoms with Crippen molar-refractivity contribution in [3.05, 3.63) is 39.2 Å². The molecule has 0 radical (unpaired) electrons. The summed E-state index contributed by atoms with van der Waals surface area (Å²) < 4.78 is 28.0. The van der Waals surface area contributed by atoms with Gasteiger partial charge in [-0.3, -0.25) is 4.31 Å². The van der Waals surface area contributed by atoms with E-state index in [0.29, 0.717) is 22.1 Å². The van der Waals surface area contributed by atoms with Crippen molar-refractivity contribution in [3.8, 4) is 0 Å². The zero-order valence-corrected chi connectivity index (χ0v) is 14.0. The summed E-state index contributed by atoms with van der Waals surface area (Å²) in [5.41, 5.74) is 9.27. The van der Waals surface area contributed by atoms with Gasteiger partial charge in [-0.25, -0.2) is 8.42 Å². The monoisotopic (exact) mass is 372 g/mol. The highest BCUT2D eigenvalue weighted by Crippen LogP contribution is 2.37. The number of nitrogens with two attached hydrogens (primary N) is 1. The lowest BCUT2D eigenvalue weighted by Crippen LogP contribution is -2.28. The number of hydrogen-bond acceptors (Lipinski definition) is 4. The van der Waals surface area contributed by atoms with Gasteiger partial charge in [0.25, 0.3) is 10.0 Å². The maximum atomic E-state index is 12.7. The van der Waals surface area contributed by atoms with Gasteiger partial charge in [0, 0.05) is 12.2 Å². The van der Waals surface area contributed by atoms with Crippen LogP contribution >= 0.6 is 27.3 Å². The summed E-state index contributed by atoms with van der Waals surface area (Å²) in [5.74, 6) is 0. The van der Waals surface area contributed by atoms with Gasteiger partial charge in [0.05, 0.1) is 9.47 Å². The van der Waals surface area contributed by atoms with Crippen molar-refractivity contribution >= 4 is 48.7 Å². The van der Waals surface area contributed by atoms with Gasteiger partial charge in [-0.15, -0.1) is 11.3 Å². The van der Waals surface area contributed by atoms with Gasteiger partial charge in [-0.1, -0.05) is 6.07 Å². The summed E-state index contributed by atoms with van der Waals surface area (Å²) in [6.45, 7) is 2.40. The van der Waals surface area contributed by atoms with Gasteiger partial charge in [-0.2, -0.15) is 0 Å². The number of sulfonamides is 1. The number of aryl methyl sites for hydroxylation is 1. The molecule has 1 aromatic carbocycles. The highest BCUT2D eigenvalue weighted by molar-refractivity contribution is 9.11. The van der Waals surface area contributed by atoms with Crippen LogP contribution in [0.4, 0.5) is 11.4 Å². The van der Waals surface area contributed by atoms with Gasteiger partial charge in [0.15, 0.2) is 0 Å². The molecule has 20 heavy (non-hydrogen) atoms. The molecular formula is C13H13BrN2O2S2. The predicted octanol–water partition coefficient (Wildman–Crippen LogP) is 3.15. The van der Waals surface area contributed by atoms with E-state index in [0.717, 1.165) is 21.3 Å². The molecule has 1 aliphatic rings. The third-order valence-electron chi connectivity index (χ3n) is 3.41. The molecule has 0 saturated heterocycles. The van der Waals surface area contributed by atoms with E-state index in [-0.39, 0.29) is 0 Å². The lowest BCUT2D eigenvalue weighted by molar-refractivity contribution is 0.594. The van der Waals surface area contributed by atoms with Crippen LogP contribution in [-0.4, -0.2) is 15.0 Å². The number of anilines is 2. The third-order valence-corrected chi connectivity index (χ3v) is 7.32. The van der Waals surface area contributed by atoms with Crippen LogP contribution in [0.5, 0.6) is 0 Å². The molecule has 0 fully saturated rings. The molecule has 1 aromatic heterocycles. The molecule has 4 nitrogen and oxygen atoms in total. The van der Waals surface area contributed by atoms with Gasteiger partial charge in [0.2, 0.25) is 0 Å². The van der Waals surface area contributed by atoms with Crippen LogP contribution in [0, 0.1) is 6.92 Å². The number of fused-ring (bicyclic) bond motifs is 1. The Labute approximate surface area is 130 Å². The number of nitrogen functional groups attached to an aromatic ring is 1. The highest BCUT2D eigenvalue weighted by Gasteiger charge is 2.32. The molecule has 0 unspecified atom stereocenters. The summed E-state index contributed by atoms with van der Waals surface area (Å²) in [5, 5.41) is 0. The zero-order valence-electron chi connectivity index (χ0n) is 10.8. The van der Waals surface area contributed by atoms with Crippen molar-refractivity contribution in [2.75, 3.05) is 16.6 Å². The lowest BCUT2D eigenvalue weighted by Gasteiger charge is -2.19. The van der Waals surface area contributed by atoms with Crippen molar-refractivity contribution < 1.29 is 8.42 Å². The normalized spacial score (nSPS) is 14.6. The van der Waals surface area contributed by atoms with Crippen LogP contribution in [0.15, 0.2) is 32.3 Å². The molecule has 0 saturated carbocycles. The molecular weight excluding hydrogens is 360 g/mol. The van der Waals surface area contributed by atoms with Gasteiger partial charge >= 0.3 is 0 Å². The quantitative estimate of drug-likeness (QED) is 0.823. The van der Waals surface area contributed by atoms with E-state index in [1.54, 1.807) is 18.2 Å².